The SMILES string of the molecule is CCCCc1nc2c(N)nc3ccccc3c2n1CCN1CCN(C(=O)CCC(=O)NCCOCCOCCOCCOCCOCCOCCOCCOCCC(=O)NC2C3CCCCCCCCC(C3)C2N)CC1. The molecule has 3 heterocycles. The number of nitrogens with two attached hydrogens (primary N) is 2. The van der Waals surface area contributed by atoms with Crippen LogP contribution in [0.5, 0.6) is 0 Å². The molecule has 428 valence electrons. The molecule has 6 rings (SSSR count). The topological polar surface area (TPSA) is 238 Å². The van der Waals surface area contributed by atoms with Crippen molar-refractivity contribution in [1.82, 2.24) is 35.0 Å². The molecule has 2 aromatic heterocycles. The van der Waals surface area contributed by atoms with E-state index in [1.807, 2.05) is 23.1 Å². The van der Waals surface area contributed by atoms with Crippen LogP contribution in [0.4, 0.5) is 5.82 Å². The van der Waals surface area contributed by atoms with Crippen LogP contribution in [0, 0.1) is 11.8 Å². The van der Waals surface area contributed by atoms with Crippen LogP contribution in [-0.4, -0.2) is 199 Å². The number of hydrogen-bond donors (Lipinski definition) is 4. The molecule has 3 aliphatic rings. The van der Waals surface area contributed by atoms with Gasteiger partial charge in [0.2, 0.25) is 17.7 Å². The minimum atomic E-state index is -0.162. The lowest BCUT2D eigenvalue weighted by Gasteiger charge is -2.35. The highest BCUT2D eigenvalue weighted by molar-refractivity contribution is 6.06. The summed E-state index contributed by atoms with van der Waals surface area (Å²) in [6.45, 7) is 14.0. The van der Waals surface area contributed by atoms with Crippen molar-refractivity contribution in [3.8, 4) is 0 Å². The molecule has 20 heteroatoms. The Balaban J connectivity index is 0.646. The lowest BCUT2D eigenvalue weighted by Crippen LogP contribution is -2.49. The molecule has 2 bridgehead atoms. The minimum Gasteiger partial charge on any atom is -0.382 e. The normalized spacial score (nSPS) is 19.6. The Hall–Kier alpha value is -4.09. The quantitative estimate of drug-likeness (QED) is 0.0575. The van der Waals surface area contributed by atoms with Gasteiger partial charge in [0.1, 0.15) is 11.3 Å². The number of pyridine rings is 1. The highest BCUT2D eigenvalue weighted by Gasteiger charge is 2.41. The van der Waals surface area contributed by atoms with E-state index in [0.717, 1.165) is 86.0 Å². The first-order valence-electron chi connectivity index (χ1n) is 28.8. The Morgan fingerprint density at radius 2 is 1.18 bits per heavy atom. The summed E-state index contributed by atoms with van der Waals surface area (Å²) in [5, 5.41) is 7.16. The van der Waals surface area contributed by atoms with Crippen molar-refractivity contribution in [2.24, 2.45) is 17.6 Å². The lowest BCUT2D eigenvalue weighted by atomic mass is 9.94. The molecule has 4 unspecified atom stereocenters. The molecule has 1 aromatic carbocycles. The number of fused-ring (bicyclic) bond motifs is 5. The number of unbranched alkanes of at least 4 members (excludes halogenated alkanes) is 1. The van der Waals surface area contributed by atoms with E-state index in [2.05, 4.69) is 38.1 Å². The molecule has 4 atom stereocenters. The number of aromatic nitrogens is 3. The molecule has 1 aliphatic heterocycles. The van der Waals surface area contributed by atoms with Gasteiger partial charge >= 0.3 is 0 Å². The fraction of sp³-hybridized carbons (Fsp3) is 0.768. The van der Waals surface area contributed by atoms with Gasteiger partial charge in [0.25, 0.3) is 0 Å². The van der Waals surface area contributed by atoms with Gasteiger partial charge in [-0.2, -0.15) is 0 Å². The predicted molar refractivity (Wildman–Crippen MR) is 293 cm³/mol. The van der Waals surface area contributed by atoms with Crippen LogP contribution < -0.4 is 22.1 Å². The molecule has 3 amide bonds. The molecular formula is C56H93N9O11. The van der Waals surface area contributed by atoms with Crippen molar-refractivity contribution in [3.05, 3.63) is 30.1 Å². The monoisotopic (exact) mass is 1070 g/mol. The van der Waals surface area contributed by atoms with Crippen molar-refractivity contribution in [2.75, 3.05) is 151 Å². The fourth-order valence-electron chi connectivity index (χ4n) is 10.6. The molecule has 6 N–H and O–H groups in total. The van der Waals surface area contributed by atoms with Crippen LogP contribution in [0.15, 0.2) is 24.3 Å². The third-order valence-corrected chi connectivity index (χ3v) is 14.8. The Bertz CT molecular complexity index is 2110. The zero-order chi connectivity index (χ0) is 53.4. The number of amides is 3. The summed E-state index contributed by atoms with van der Waals surface area (Å²) in [6.07, 6.45) is 14.9. The average molecular weight is 1070 g/mol. The van der Waals surface area contributed by atoms with E-state index in [9.17, 15) is 14.4 Å². The zero-order valence-electron chi connectivity index (χ0n) is 45.9. The molecular weight excluding hydrogens is 975 g/mol. The number of para-hydroxylation sites is 1. The number of anilines is 1. The van der Waals surface area contributed by atoms with E-state index in [-0.39, 0.29) is 42.6 Å². The van der Waals surface area contributed by atoms with Gasteiger partial charge in [-0.25, -0.2) is 9.97 Å². The number of carbonyl (C=O) groups is 3. The standard InChI is InChI=1S/C56H93N9O11/c1-2-3-16-48-61-54-55(46-14-10-11-15-47(46)60-56(54)58)65(48)26-23-63-21-24-64(25-22-63)51(68)18-17-49(66)59-20-28-70-30-32-72-34-36-74-38-40-76-42-41-75-39-37-73-35-33-71-31-29-69-27-19-50(67)62-53-45-13-9-7-5-4-6-8-12-44(43-45)52(53)57/h10-11,14-15,44-45,52-53H,2-9,12-13,16-43,57H2,1H3,(H2,58,60)(H,59,66)(H,62,67). The van der Waals surface area contributed by atoms with E-state index < -0.39 is 0 Å². The largest absolute Gasteiger partial charge is 0.382 e. The van der Waals surface area contributed by atoms with Gasteiger partial charge in [-0.05, 0) is 43.6 Å². The van der Waals surface area contributed by atoms with Gasteiger partial charge in [0.15, 0.2) is 5.82 Å². The van der Waals surface area contributed by atoms with Crippen molar-refractivity contribution >= 4 is 45.5 Å². The Labute approximate surface area is 451 Å². The third-order valence-electron chi connectivity index (χ3n) is 14.8. The first-order chi connectivity index (χ1) is 37.3. The third kappa shape index (κ3) is 21.6. The highest BCUT2D eigenvalue weighted by atomic mass is 16.6. The van der Waals surface area contributed by atoms with Gasteiger partial charge in [0, 0.05) is 89.0 Å². The number of nitrogens with zero attached hydrogens (tertiary/aromatic N) is 5. The Morgan fingerprint density at radius 1 is 0.632 bits per heavy atom. The molecule has 2 aliphatic carbocycles. The number of imidazole rings is 1. The van der Waals surface area contributed by atoms with Gasteiger partial charge in [-0.1, -0.05) is 70.1 Å². The van der Waals surface area contributed by atoms with Crippen LogP contribution in [-0.2, 0) is 65.2 Å². The molecule has 3 fully saturated rings. The molecule has 20 nitrogen and oxygen atoms in total. The van der Waals surface area contributed by atoms with Crippen LogP contribution in [0.25, 0.3) is 21.9 Å². The number of nitrogen functional groups attached to an aromatic ring is 1. The summed E-state index contributed by atoms with van der Waals surface area (Å²) in [5.41, 5.74) is 15.7. The van der Waals surface area contributed by atoms with Crippen LogP contribution in [0.2, 0.25) is 0 Å². The van der Waals surface area contributed by atoms with E-state index in [0.29, 0.717) is 149 Å². The van der Waals surface area contributed by atoms with Gasteiger partial charge < -0.3 is 69.5 Å². The number of nitrogens with one attached hydrogen (secondary N) is 2. The van der Waals surface area contributed by atoms with Crippen molar-refractivity contribution in [1.29, 1.82) is 0 Å². The van der Waals surface area contributed by atoms with Crippen LogP contribution in [0.1, 0.15) is 103 Å². The number of hydrogen-bond acceptors (Lipinski definition) is 16. The molecule has 76 heavy (non-hydrogen) atoms. The van der Waals surface area contributed by atoms with E-state index in [1.54, 1.807) is 0 Å². The second kappa shape index (κ2) is 36.2. The van der Waals surface area contributed by atoms with Crippen molar-refractivity contribution in [2.45, 2.75) is 122 Å². The Kier molecular flexibility index (Phi) is 29.1. The number of piperazine rings is 1. The summed E-state index contributed by atoms with van der Waals surface area (Å²) in [6, 6.07) is 8.23. The summed E-state index contributed by atoms with van der Waals surface area (Å²) < 4.78 is 46.9. The van der Waals surface area contributed by atoms with Crippen molar-refractivity contribution in [3.63, 3.8) is 0 Å². The summed E-state index contributed by atoms with van der Waals surface area (Å²) >= 11 is 0. The first kappa shape index (κ1) is 61.1. The summed E-state index contributed by atoms with van der Waals surface area (Å²) in [7, 11) is 0. The smallest absolute Gasteiger partial charge is 0.223 e. The predicted octanol–water partition coefficient (Wildman–Crippen LogP) is 4.66. The minimum absolute atomic E-state index is 0.00554. The van der Waals surface area contributed by atoms with Gasteiger partial charge in [0.05, 0.1) is 117 Å². The maximum atomic E-state index is 13.0. The number of rotatable bonds is 37. The number of ether oxygens (including phenoxy) is 8. The first-order valence-corrected chi connectivity index (χ1v) is 28.8. The molecule has 0 spiro atoms. The second-order valence-electron chi connectivity index (χ2n) is 20.3. The van der Waals surface area contributed by atoms with E-state index in [1.165, 1.54) is 44.9 Å². The molecule has 1 saturated heterocycles. The maximum Gasteiger partial charge on any atom is 0.223 e. The molecule has 3 aromatic rings. The number of aryl methyl sites for hydroxylation is 1. The zero-order valence-corrected chi connectivity index (χ0v) is 45.9. The number of benzene rings is 1. The van der Waals surface area contributed by atoms with Gasteiger partial charge in [-0.15, -0.1) is 0 Å². The molecule has 0 radical (unpaired) electrons. The van der Waals surface area contributed by atoms with Crippen molar-refractivity contribution < 1.29 is 52.3 Å². The fourth-order valence-corrected chi connectivity index (χ4v) is 10.6. The lowest BCUT2D eigenvalue weighted by molar-refractivity contribution is -0.135. The Morgan fingerprint density at radius 3 is 1.79 bits per heavy atom. The van der Waals surface area contributed by atoms with E-state index in [4.69, 9.17) is 54.3 Å². The average Bonchev–Trinajstić information content (AvgIpc) is 3.95. The summed E-state index contributed by atoms with van der Waals surface area (Å²) in [5.74, 6) is 2.40. The maximum absolute atomic E-state index is 13.0. The summed E-state index contributed by atoms with van der Waals surface area (Å²) in [4.78, 5) is 52.0. The molecule has 2 saturated carbocycles. The van der Waals surface area contributed by atoms with E-state index >= 15 is 0 Å². The second-order valence-corrected chi connectivity index (χ2v) is 20.3. The number of carbonyl (C=O) groups excluding carboxylic acids is 3. The van der Waals surface area contributed by atoms with Crippen LogP contribution in [0.3, 0.4) is 0 Å². The van der Waals surface area contributed by atoms with Crippen LogP contribution >= 0.6 is 0 Å². The highest BCUT2D eigenvalue weighted by Crippen LogP contribution is 2.38. The van der Waals surface area contributed by atoms with Gasteiger partial charge in [-0.3, -0.25) is 19.3 Å².